The summed E-state index contributed by atoms with van der Waals surface area (Å²) in [7, 11) is 0.466. The Labute approximate surface area is 176 Å². The quantitative estimate of drug-likeness (QED) is 0.767. The molecule has 1 aromatic carbocycles. The number of hydrogen-bond acceptors (Lipinski definition) is 5. The molecule has 0 saturated carbocycles. The van der Waals surface area contributed by atoms with Gasteiger partial charge in [0.05, 0.1) is 6.42 Å². The van der Waals surface area contributed by atoms with Gasteiger partial charge in [-0.2, -0.15) is 13.5 Å². The van der Waals surface area contributed by atoms with Crippen LogP contribution in [0.15, 0.2) is 17.2 Å². The van der Waals surface area contributed by atoms with Crippen LogP contribution in [0.5, 0.6) is 0 Å². The van der Waals surface area contributed by atoms with Crippen molar-refractivity contribution >= 4 is 21.8 Å². The summed E-state index contributed by atoms with van der Waals surface area (Å²) in [5.41, 5.74) is 6.19. The highest BCUT2D eigenvalue weighted by Crippen LogP contribution is 2.35. The summed E-state index contributed by atoms with van der Waals surface area (Å²) in [6.45, 7) is 0. The van der Waals surface area contributed by atoms with Gasteiger partial charge in [0.2, 0.25) is 5.91 Å². The van der Waals surface area contributed by atoms with Crippen LogP contribution in [0.3, 0.4) is 0 Å². The molecule has 0 saturated heterocycles. The number of sulfonamides is 1. The van der Waals surface area contributed by atoms with Gasteiger partial charge in [-0.15, -0.1) is 0 Å². The van der Waals surface area contributed by atoms with E-state index in [1.165, 1.54) is 44.9 Å². The van der Waals surface area contributed by atoms with Crippen LogP contribution < -0.4 is 4.72 Å². The second-order valence-electron chi connectivity index (χ2n) is 8.23. The third-order valence-electron chi connectivity index (χ3n) is 5.94. The predicted octanol–water partition coefficient (Wildman–Crippen LogP) is 1.15. The SMILES string of the molecule is CN(C)C(=O)c1cc(S(=O)(=O)NC(=O)Cc2c3c(cc4c2CCC4)CCC3)nn1C. The molecule has 0 atom stereocenters. The van der Waals surface area contributed by atoms with Crippen molar-refractivity contribution < 1.29 is 18.0 Å². The predicted molar refractivity (Wildman–Crippen MR) is 111 cm³/mol. The molecule has 0 bridgehead atoms. The van der Waals surface area contributed by atoms with E-state index in [-0.39, 0.29) is 23.0 Å². The maximum atomic E-state index is 12.7. The van der Waals surface area contributed by atoms with Crippen LogP contribution in [0.4, 0.5) is 0 Å². The Morgan fingerprint density at radius 3 is 2.23 bits per heavy atom. The zero-order valence-corrected chi connectivity index (χ0v) is 18.3. The Bertz CT molecular complexity index is 1120. The van der Waals surface area contributed by atoms with Crippen molar-refractivity contribution in [3.05, 3.63) is 45.6 Å². The zero-order valence-electron chi connectivity index (χ0n) is 17.5. The van der Waals surface area contributed by atoms with Gasteiger partial charge in [0.15, 0.2) is 5.03 Å². The van der Waals surface area contributed by atoms with Gasteiger partial charge in [-0.1, -0.05) is 6.07 Å². The molecule has 2 aliphatic rings. The number of carbonyl (C=O) groups is 2. The summed E-state index contributed by atoms with van der Waals surface area (Å²) < 4.78 is 28.8. The van der Waals surface area contributed by atoms with E-state index in [4.69, 9.17) is 0 Å². The molecule has 2 amide bonds. The van der Waals surface area contributed by atoms with E-state index in [9.17, 15) is 18.0 Å². The molecule has 0 fully saturated rings. The average Bonchev–Trinajstić information content (AvgIpc) is 3.39. The topological polar surface area (TPSA) is 101 Å². The van der Waals surface area contributed by atoms with Crippen LogP contribution in [0.2, 0.25) is 0 Å². The van der Waals surface area contributed by atoms with Crippen LogP contribution >= 0.6 is 0 Å². The fraction of sp³-hybridized carbons (Fsp3) is 0.476. The molecular weight excluding hydrogens is 404 g/mol. The molecular formula is C21H26N4O4S. The zero-order chi connectivity index (χ0) is 21.6. The van der Waals surface area contributed by atoms with E-state index in [2.05, 4.69) is 15.9 Å². The lowest BCUT2D eigenvalue weighted by Gasteiger charge is -2.15. The first-order valence-electron chi connectivity index (χ1n) is 10.1. The molecule has 0 radical (unpaired) electrons. The van der Waals surface area contributed by atoms with Crippen molar-refractivity contribution in [1.82, 2.24) is 19.4 Å². The Morgan fingerprint density at radius 2 is 1.67 bits per heavy atom. The first-order valence-corrected chi connectivity index (χ1v) is 11.6. The Balaban J connectivity index is 1.57. The number of benzene rings is 1. The van der Waals surface area contributed by atoms with E-state index in [1.807, 2.05) is 0 Å². The van der Waals surface area contributed by atoms with Crippen LogP contribution in [-0.2, 0) is 54.0 Å². The van der Waals surface area contributed by atoms with Gasteiger partial charge >= 0.3 is 0 Å². The van der Waals surface area contributed by atoms with Crippen LogP contribution in [-0.4, -0.2) is 49.0 Å². The summed E-state index contributed by atoms with van der Waals surface area (Å²) in [5.74, 6) is -0.941. The first kappa shape index (κ1) is 20.6. The molecule has 160 valence electrons. The van der Waals surface area contributed by atoms with Crippen molar-refractivity contribution in [2.75, 3.05) is 14.1 Å². The third-order valence-corrected chi connectivity index (χ3v) is 7.19. The molecule has 1 aromatic heterocycles. The number of rotatable bonds is 5. The lowest BCUT2D eigenvalue weighted by atomic mass is 9.92. The van der Waals surface area contributed by atoms with Gasteiger partial charge < -0.3 is 4.90 Å². The number of nitrogens with zero attached hydrogens (tertiary/aromatic N) is 3. The van der Waals surface area contributed by atoms with Gasteiger partial charge in [-0.3, -0.25) is 14.3 Å². The van der Waals surface area contributed by atoms with Crippen molar-refractivity contribution in [3.63, 3.8) is 0 Å². The van der Waals surface area contributed by atoms with Gasteiger partial charge in [0.1, 0.15) is 5.69 Å². The number of amides is 2. The molecule has 4 rings (SSSR count). The first-order chi connectivity index (χ1) is 14.2. The lowest BCUT2D eigenvalue weighted by Crippen LogP contribution is -2.32. The van der Waals surface area contributed by atoms with Crippen molar-refractivity contribution in [2.24, 2.45) is 7.05 Å². The molecule has 0 aliphatic heterocycles. The molecule has 8 nitrogen and oxygen atoms in total. The van der Waals surface area contributed by atoms with E-state index in [1.54, 1.807) is 14.1 Å². The largest absolute Gasteiger partial charge is 0.343 e. The minimum Gasteiger partial charge on any atom is -0.343 e. The Kier molecular flexibility index (Phi) is 5.17. The molecule has 30 heavy (non-hydrogen) atoms. The summed E-state index contributed by atoms with van der Waals surface area (Å²) in [5, 5.41) is 3.59. The standard InChI is InChI=1S/C21H26N4O4S/c1-24(2)21(27)18-12-20(22-25(18)3)30(28,29)23-19(26)11-17-15-8-4-6-13(15)10-14-7-5-9-16(14)17/h10,12H,4-9,11H2,1-3H3,(H,23,26). The maximum absolute atomic E-state index is 12.7. The highest BCUT2D eigenvalue weighted by atomic mass is 32.2. The summed E-state index contributed by atoms with van der Waals surface area (Å²) >= 11 is 0. The van der Waals surface area contributed by atoms with E-state index in [0.29, 0.717) is 0 Å². The van der Waals surface area contributed by atoms with Crippen molar-refractivity contribution in [2.45, 2.75) is 50.0 Å². The summed E-state index contributed by atoms with van der Waals surface area (Å²) in [6.07, 6.45) is 6.10. The second-order valence-corrected chi connectivity index (χ2v) is 9.86. The van der Waals surface area contributed by atoms with E-state index < -0.39 is 15.9 Å². The number of aryl methyl sites for hydroxylation is 3. The van der Waals surface area contributed by atoms with Crippen molar-refractivity contribution in [1.29, 1.82) is 0 Å². The fourth-order valence-corrected chi connectivity index (χ4v) is 5.52. The minimum atomic E-state index is -4.17. The van der Waals surface area contributed by atoms with Crippen LogP contribution in [0, 0.1) is 0 Å². The molecule has 2 aromatic rings. The minimum absolute atomic E-state index is 0.0427. The number of carbonyl (C=O) groups excluding carboxylic acids is 2. The van der Waals surface area contributed by atoms with E-state index >= 15 is 0 Å². The second kappa shape index (κ2) is 7.54. The summed E-state index contributed by atoms with van der Waals surface area (Å²) in [6, 6.07) is 3.47. The maximum Gasteiger partial charge on any atom is 0.283 e. The average molecular weight is 431 g/mol. The molecule has 1 N–H and O–H groups in total. The van der Waals surface area contributed by atoms with Gasteiger partial charge in [-0.05, 0) is 66.3 Å². The normalized spacial score (nSPS) is 15.0. The number of aromatic nitrogens is 2. The number of fused-ring (bicyclic) bond motifs is 2. The number of hydrogen-bond donors (Lipinski definition) is 1. The highest BCUT2D eigenvalue weighted by molar-refractivity contribution is 7.90. The van der Waals surface area contributed by atoms with Gasteiger partial charge in [-0.25, -0.2) is 4.72 Å². The monoisotopic (exact) mass is 430 g/mol. The van der Waals surface area contributed by atoms with Gasteiger partial charge in [0.25, 0.3) is 15.9 Å². The molecule has 0 spiro atoms. The number of nitrogens with one attached hydrogen (secondary N) is 1. The fourth-order valence-electron chi connectivity index (χ4n) is 4.55. The lowest BCUT2D eigenvalue weighted by molar-refractivity contribution is -0.118. The molecule has 2 aliphatic carbocycles. The Hall–Kier alpha value is -2.68. The smallest absolute Gasteiger partial charge is 0.283 e. The van der Waals surface area contributed by atoms with E-state index in [0.717, 1.165) is 44.1 Å². The van der Waals surface area contributed by atoms with Crippen LogP contribution in [0.25, 0.3) is 0 Å². The highest BCUT2D eigenvalue weighted by Gasteiger charge is 2.28. The third kappa shape index (κ3) is 3.62. The molecule has 0 unspecified atom stereocenters. The van der Waals surface area contributed by atoms with Crippen molar-refractivity contribution in [3.8, 4) is 0 Å². The van der Waals surface area contributed by atoms with Gasteiger partial charge in [0, 0.05) is 27.2 Å². The molecule has 1 heterocycles. The molecule has 9 heteroatoms. The Morgan fingerprint density at radius 1 is 1.07 bits per heavy atom. The summed E-state index contributed by atoms with van der Waals surface area (Å²) in [4.78, 5) is 26.2. The van der Waals surface area contributed by atoms with Crippen LogP contribution in [0.1, 0.15) is 51.1 Å².